The van der Waals surface area contributed by atoms with E-state index in [1.807, 2.05) is 18.2 Å². The quantitative estimate of drug-likeness (QED) is 0.454. The Morgan fingerprint density at radius 3 is 2.38 bits per heavy atom. The summed E-state index contributed by atoms with van der Waals surface area (Å²) in [5.74, 6) is 0.668. The molecular weight excluding hydrogens is 375 g/mol. The summed E-state index contributed by atoms with van der Waals surface area (Å²) in [6.07, 6.45) is -2.16. The number of hydrogen-bond donors (Lipinski definition) is 1. The van der Waals surface area contributed by atoms with Crippen LogP contribution < -0.4 is 5.32 Å². The lowest BCUT2D eigenvalue weighted by Gasteiger charge is -2.14. The Morgan fingerprint density at radius 1 is 0.828 bits per heavy atom. The zero-order chi connectivity index (χ0) is 20.3. The molecule has 0 saturated heterocycles. The molecule has 1 N–H and O–H groups in total. The number of nitrogens with zero attached hydrogens (tertiary/aromatic N) is 2. The number of nitrogens with one attached hydrogen (secondary N) is 1. The standard InChI is InChI=1S/C23H18F3N3/c24-23(25,26)20-9-5-4-8-18(20)17-10-11-19-21(14-17)28-15-29-22(19)27-13-12-16-6-2-1-3-7-16/h1-11,14-15H,12-13H2,(H,27,28,29). The average Bonchev–Trinajstić information content (AvgIpc) is 2.74. The zero-order valence-electron chi connectivity index (χ0n) is 15.4. The minimum atomic E-state index is -4.42. The molecular formula is C23H18F3N3. The van der Waals surface area contributed by atoms with Crippen LogP contribution in [0.3, 0.4) is 0 Å². The number of benzene rings is 3. The van der Waals surface area contributed by atoms with Crippen LogP contribution in [0.5, 0.6) is 0 Å². The number of fused-ring (bicyclic) bond motifs is 1. The minimum absolute atomic E-state index is 0.138. The molecule has 3 nitrogen and oxygen atoms in total. The van der Waals surface area contributed by atoms with E-state index >= 15 is 0 Å². The highest BCUT2D eigenvalue weighted by molar-refractivity contribution is 5.92. The van der Waals surface area contributed by atoms with Crippen molar-refractivity contribution in [2.75, 3.05) is 11.9 Å². The lowest BCUT2D eigenvalue weighted by molar-refractivity contribution is -0.137. The van der Waals surface area contributed by atoms with Gasteiger partial charge in [0.25, 0.3) is 0 Å². The summed E-state index contributed by atoms with van der Waals surface area (Å²) >= 11 is 0. The molecule has 4 rings (SSSR count). The van der Waals surface area contributed by atoms with Crippen LogP contribution in [0, 0.1) is 0 Å². The lowest BCUT2D eigenvalue weighted by Crippen LogP contribution is -2.07. The molecule has 29 heavy (non-hydrogen) atoms. The molecule has 0 amide bonds. The van der Waals surface area contributed by atoms with Gasteiger partial charge in [0.1, 0.15) is 12.1 Å². The van der Waals surface area contributed by atoms with Gasteiger partial charge < -0.3 is 5.32 Å². The maximum Gasteiger partial charge on any atom is 0.417 e. The first-order valence-electron chi connectivity index (χ1n) is 9.21. The molecule has 146 valence electrons. The number of aromatic nitrogens is 2. The van der Waals surface area contributed by atoms with Gasteiger partial charge in [-0.05, 0) is 41.3 Å². The van der Waals surface area contributed by atoms with E-state index in [4.69, 9.17) is 0 Å². The van der Waals surface area contributed by atoms with Crippen molar-refractivity contribution in [2.24, 2.45) is 0 Å². The molecule has 0 fully saturated rings. The van der Waals surface area contributed by atoms with Crippen LogP contribution in [0.15, 0.2) is 79.1 Å². The molecule has 0 bridgehead atoms. The number of halogens is 3. The van der Waals surface area contributed by atoms with Crippen LogP contribution in [-0.2, 0) is 12.6 Å². The predicted octanol–water partition coefficient (Wildman–Crippen LogP) is 5.97. The smallest absolute Gasteiger partial charge is 0.369 e. The molecule has 0 unspecified atom stereocenters. The maximum atomic E-state index is 13.4. The van der Waals surface area contributed by atoms with Gasteiger partial charge in [-0.2, -0.15) is 13.2 Å². The third-order valence-electron chi connectivity index (χ3n) is 4.73. The van der Waals surface area contributed by atoms with Crippen LogP contribution in [0.1, 0.15) is 11.1 Å². The van der Waals surface area contributed by atoms with Crippen molar-refractivity contribution >= 4 is 16.7 Å². The van der Waals surface area contributed by atoms with Gasteiger partial charge in [-0.3, -0.25) is 0 Å². The van der Waals surface area contributed by atoms with Crippen molar-refractivity contribution in [3.8, 4) is 11.1 Å². The largest absolute Gasteiger partial charge is 0.417 e. The molecule has 6 heteroatoms. The van der Waals surface area contributed by atoms with Gasteiger partial charge in [0, 0.05) is 11.9 Å². The van der Waals surface area contributed by atoms with Crippen molar-refractivity contribution in [2.45, 2.75) is 12.6 Å². The summed E-state index contributed by atoms with van der Waals surface area (Å²) in [6.45, 7) is 0.689. The first-order chi connectivity index (χ1) is 14.0. The average molecular weight is 393 g/mol. The Balaban J connectivity index is 1.62. The Morgan fingerprint density at radius 2 is 1.59 bits per heavy atom. The molecule has 0 atom stereocenters. The highest BCUT2D eigenvalue weighted by atomic mass is 19.4. The highest BCUT2D eigenvalue weighted by Gasteiger charge is 2.33. The monoisotopic (exact) mass is 393 g/mol. The first-order valence-corrected chi connectivity index (χ1v) is 9.21. The molecule has 3 aromatic carbocycles. The Hall–Kier alpha value is -3.41. The molecule has 1 heterocycles. The fourth-order valence-corrected chi connectivity index (χ4v) is 3.32. The van der Waals surface area contributed by atoms with Gasteiger partial charge >= 0.3 is 6.18 Å². The minimum Gasteiger partial charge on any atom is -0.369 e. The second kappa shape index (κ2) is 7.91. The molecule has 0 radical (unpaired) electrons. The van der Waals surface area contributed by atoms with Gasteiger partial charge in [-0.1, -0.05) is 54.6 Å². The molecule has 0 aliphatic carbocycles. The van der Waals surface area contributed by atoms with Crippen molar-refractivity contribution < 1.29 is 13.2 Å². The SMILES string of the molecule is FC(F)(F)c1ccccc1-c1ccc2c(NCCc3ccccc3)ncnc2c1. The van der Waals surface area contributed by atoms with E-state index in [-0.39, 0.29) is 5.56 Å². The zero-order valence-corrected chi connectivity index (χ0v) is 15.4. The third-order valence-corrected chi connectivity index (χ3v) is 4.73. The van der Waals surface area contributed by atoms with Crippen molar-refractivity contribution in [1.29, 1.82) is 0 Å². The van der Waals surface area contributed by atoms with E-state index in [2.05, 4.69) is 27.4 Å². The lowest BCUT2D eigenvalue weighted by atomic mass is 9.98. The molecule has 0 spiro atoms. The van der Waals surface area contributed by atoms with Crippen LogP contribution >= 0.6 is 0 Å². The summed E-state index contributed by atoms with van der Waals surface area (Å²) in [7, 11) is 0. The third kappa shape index (κ3) is 4.21. The van der Waals surface area contributed by atoms with Crippen molar-refractivity contribution in [3.05, 3.63) is 90.3 Å². The van der Waals surface area contributed by atoms with E-state index in [0.29, 0.717) is 23.4 Å². The van der Waals surface area contributed by atoms with Crippen molar-refractivity contribution in [3.63, 3.8) is 0 Å². The van der Waals surface area contributed by atoms with E-state index in [1.165, 1.54) is 24.0 Å². The van der Waals surface area contributed by atoms with Gasteiger partial charge in [0.2, 0.25) is 0 Å². The van der Waals surface area contributed by atoms with Crippen LogP contribution in [-0.4, -0.2) is 16.5 Å². The van der Waals surface area contributed by atoms with Gasteiger partial charge in [0.15, 0.2) is 0 Å². The Kier molecular flexibility index (Phi) is 5.16. The number of anilines is 1. The maximum absolute atomic E-state index is 13.4. The van der Waals surface area contributed by atoms with Crippen LogP contribution in [0.25, 0.3) is 22.0 Å². The number of alkyl halides is 3. The fraction of sp³-hybridized carbons (Fsp3) is 0.130. The first kappa shape index (κ1) is 18.9. The van der Waals surface area contributed by atoms with E-state index in [1.54, 1.807) is 24.3 Å². The van der Waals surface area contributed by atoms with Crippen molar-refractivity contribution in [1.82, 2.24) is 9.97 Å². The molecule has 1 aromatic heterocycles. The van der Waals surface area contributed by atoms with Gasteiger partial charge in [-0.25, -0.2) is 9.97 Å². The predicted molar refractivity (Wildman–Crippen MR) is 109 cm³/mol. The van der Waals surface area contributed by atoms with Crippen LogP contribution in [0.4, 0.5) is 19.0 Å². The fourth-order valence-electron chi connectivity index (χ4n) is 3.32. The summed E-state index contributed by atoms with van der Waals surface area (Å²) in [6, 6.07) is 20.8. The Bertz CT molecular complexity index is 1120. The number of hydrogen-bond acceptors (Lipinski definition) is 3. The molecule has 0 aliphatic rings. The normalized spacial score (nSPS) is 11.6. The number of rotatable bonds is 5. The summed E-state index contributed by atoms with van der Waals surface area (Å²) in [5.41, 5.74) is 1.76. The van der Waals surface area contributed by atoms with E-state index in [9.17, 15) is 13.2 Å². The van der Waals surface area contributed by atoms with Gasteiger partial charge in [-0.15, -0.1) is 0 Å². The summed E-state index contributed by atoms with van der Waals surface area (Å²) in [5, 5.41) is 4.07. The molecule has 0 saturated carbocycles. The molecule has 4 aromatic rings. The van der Waals surface area contributed by atoms with E-state index < -0.39 is 11.7 Å². The second-order valence-electron chi connectivity index (χ2n) is 6.66. The summed E-state index contributed by atoms with van der Waals surface area (Å²) < 4.78 is 40.1. The highest BCUT2D eigenvalue weighted by Crippen LogP contribution is 2.37. The summed E-state index contributed by atoms with van der Waals surface area (Å²) in [4.78, 5) is 8.55. The topological polar surface area (TPSA) is 37.8 Å². The van der Waals surface area contributed by atoms with Gasteiger partial charge in [0.05, 0.1) is 11.1 Å². The Labute approximate surface area is 166 Å². The molecule has 0 aliphatic heterocycles. The second-order valence-corrected chi connectivity index (χ2v) is 6.66. The van der Waals surface area contributed by atoms with Crippen LogP contribution in [0.2, 0.25) is 0 Å². The van der Waals surface area contributed by atoms with E-state index in [0.717, 1.165) is 17.9 Å².